The van der Waals surface area contributed by atoms with Gasteiger partial charge < -0.3 is 22.6 Å². The first-order chi connectivity index (χ1) is 8.56. The summed E-state index contributed by atoms with van der Waals surface area (Å²) in [5.74, 6) is 1.25. The second-order valence-electron chi connectivity index (χ2n) is 3.84. The van der Waals surface area contributed by atoms with Crippen LogP contribution in [0.3, 0.4) is 0 Å². The molecule has 0 amide bonds. The Morgan fingerprint density at radius 2 is 2.05 bits per heavy atom. The zero-order chi connectivity index (χ0) is 13.1. The molecular weight excluding hydrogens is 329 g/mol. The van der Waals surface area contributed by atoms with Gasteiger partial charge in [0.25, 0.3) is 11.1 Å². The van der Waals surface area contributed by atoms with Gasteiger partial charge in [0, 0.05) is 5.75 Å². The van der Waals surface area contributed by atoms with E-state index >= 15 is 0 Å². The maximum Gasteiger partial charge on any atom is 0.277 e. The summed E-state index contributed by atoms with van der Waals surface area (Å²) < 4.78 is 5.44. The Bertz CT molecular complexity index is 548. The van der Waals surface area contributed by atoms with Crippen LogP contribution in [0.2, 0.25) is 10.0 Å². The van der Waals surface area contributed by atoms with Gasteiger partial charge in [-0.05, 0) is 24.6 Å². The lowest BCUT2D eigenvalue weighted by Gasteiger charge is -2.00. The number of aromatic nitrogens is 2. The summed E-state index contributed by atoms with van der Waals surface area (Å²) in [6, 6.07) is 5.52. The van der Waals surface area contributed by atoms with Crippen LogP contribution in [-0.2, 0) is 5.75 Å². The van der Waals surface area contributed by atoms with Gasteiger partial charge in [-0.2, -0.15) is 0 Å². The number of hydrogen-bond donors (Lipinski definition) is 1. The number of quaternary nitrogens is 1. The standard InChI is InChI=1S/C11H11Cl2N3OS.ClH/c1-6(14)10-15-16-11(17-10)18-5-7-2-3-8(12)9(13)4-7;/h2-4,6H,5,14H2,1H3;1H/t6-;/m0./s1. The van der Waals surface area contributed by atoms with Crippen molar-refractivity contribution in [3.63, 3.8) is 0 Å². The largest absolute Gasteiger partial charge is 1.00 e. The summed E-state index contributed by atoms with van der Waals surface area (Å²) in [5, 5.41) is 9.49. The predicted octanol–water partition coefficient (Wildman–Crippen LogP) is -0.0244. The van der Waals surface area contributed by atoms with Crippen LogP contribution in [0, 0.1) is 0 Å². The van der Waals surface area contributed by atoms with E-state index in [0.717, 1.165) is 5.56 Å². The van der Waals surface area contributed by atoms with Crippen molar-refractivity contribution in [1.82, 2.24) is 10.2 Å². The van der Waals surface area contributed by atoms with Gasteiger partial charge in [-0.1, -0.05) is 41.0 Å². The first-order valence-electron chi connectivity index (χ1n) is 5.29. The van der Waals surface area contributed by atoms with Gasteiger partial charge in [0.05, 0.1) is 10.0 Å². The van der Waals surface area contributed by atoms with Crippen molar-refractivity contribution >= 4 is 35.0 Å². The molecule has 1 aromatic carbocycles. The minimum atomic E-state index is -0.00294. The van der Waals surface area contributed by atoms with E-state index in [-0.39, 0.29) is 18.4 Å². The number of hydrogen-bond acceptors (Lipinski definition) is 4. The van der Waals surface area contributed by atoms with Gasteiger partial charge in [-0.25, -0.2) is 0 Å². The number of halogens is 3. The van der Waals surface area contributed by atoms with Crippen LogP contribution in [0.5, 0.6) is 0 Å². The fraction of sp³-hybridized carbons (Fsp3) is 0.273. The van der Waals surface area contributed by atoms with Crippen molar-refractivity contribution in [3.05, 3.63) is 39.7 Å². The van der Waals surface area contributed by atoms with E-state index < -0.39 is 0 Å². The molecule has 19 heavy (non-hydrogen) atoms. The molecule has 0 saturated carbocycles. The third-order valence-corrected chi connectivity index (χ3v) is 3.82. The summed E-state index contributed by atoms with van der Waals surface area (Å²) in [6.07, 6.45) is 0. The van der Waals surface area contributed by atoms with Crippen molar-refractivity contribution in [3.8, 4) is 0 Å². The average molecular weight is 341 g/mol. The highest BCUT2D eigenvalue weighted by atomic mass is 35.5. The zero-order valence-electron chi connectivity index (χ0n) is 10.1. The minimum absolute atomic E-state index is 0. The second kappa shape index (κ2) is 7.36. The van der Waals surface area contributed by atoms with E-state index in [1.807, 2.05) is 19.1 Å². The van der Waals surface area contributed by atoms with Crippen molar-refractivity contribution in [2.75, 3.05) is 0 Å². The molecule has 0 radical (unpaired) electrons. The molecular formula is C11H12Cl3N3OS. The van der Waals surface area contributed by atoms with Gasteiger partial charge in [0.15, 0.2) is 6.04 Å². The van der Waals surface area contributed by atoms with E-state index in [0.29, 0.717) is 26.9 Å². The molecule has 0 spiro atoms. The van der Waals surface area contributed by atoms with Crippen molar-refractivity contribution in [2.45, 2.75) is 23.9 Å². The van der Waals surface area contributed by atoms with Gasteiger partial charge in [0.2, 0.25) is 0 Å². The van der Waals surface area contributed by atoms with Crippen LogP contribution in [0.15, 0.2) is 27.8 Å². The fourth-order valence-corrected chi connectivity index (χ4v) is 2.29. The molecule has 0 unspecified atom stereocenters. The van der Waals surface area contributed by atoms with Gasteiger partial charge in [0.1, 0.15) is 0 Å². The van der Waals surface area contributed by atoms with Crippen LogP contribution < -0.4 is 18.1 Å². The van der Waals surface area contributed by atoms with E-state index in [9.17, 15) is 0 Å². The molecule has 0 aliphatic rings. The fourth-order valence-electron chi connectivity index (χ4n) is 1.25. The molecule has 8 heteroatoms. The Balaban J connectivity index is 0.00000180. The molecule has 104 valence electrons. The lowest BCUT2D eigenvalue weighted by Crippen LogP contribution is -3.00. The van der Waals surface area contributed by atoms with E-state index in [2.05, 4.69) is 15.9 Å². The Kier molecular flexibility index (Phi) is 6.42. The van der Waals surface area contributed by atoms with Crippen LogP contribution in [-0.4, -0.2) is 10.2 Å². The molecule has 0 bridgehead atoms. The number of rotatable bonds is 4. The van der Waals surface area contributed by atoms with E-state index in [1.54, 1.807) is 6.07 Å². The van der Waals surface area contributed by atoms with Crippen molar-refractivity contribution in [2.24, 2.45) is 0 Å². The van der Waals surface area contributed by atoms with Crippen LogP contribution >= 0.6 is 35.0 Å². The molecule has 1 atom stereocenters. The lowest BCUT2D eigenvalue weighted by molar-refractivity contribution is -0.425. The van der Waals surface area contributed by atoms with Crippen molar-refractivity contribution < 1.29 is 22.6 Å². The van der Waals surface area contributed by atoms with Crippen LogP contribution in [0.1, 0.15) is 24.4 Å². The SMILES string of the molecule is C[C@H]([NH3+])c1nnc(SCc2ccc(Cl)c(Cl)c2)o1.[Cl-]. The second-order valence-corrected chi connectivity index (χ2v) is 5.59. The summed E-state index contributed by atoms with van der Waals surface area (Å²) in [5.41, 5.74) is 4.88. The minimum Gasteiger partial charge on any atom is -1.00 e. The van der Waals surface area contributed by atoms with Crippen LogP contribution in [0.25, 0.3) is 0 Å². The summed E-state index contributed by atoms with van der Waals surface area (Å²) in [6.45, 7) is 1.90. The Hall–Kier alpha value is -0.460. The average Bonchev–Trinajstić information content (AvgIpc) is 2.79. The smallest absolute Gasteiger partial charge is 0.277 e. The first kappa shape index (κ1) is 16.6. The predicted molar refractivity (Wildman–Crippen MR) is 71.6 cm³/mol. The third-order valence-electron chi connectivity index (χ3n) is 2.19. The summed E-state index contributed by atoms with van der Waals surface area (Å²) >= 11 is 13.2. The van der Waals surface area contributed by atoms with Gasteiger partial charge >= 0.3 is 0 Å². The molecule has 3 N–H and O–H groups in total. The van der Waals surface area contributed by atoms with E-state index in [1.165, 1.54) is 11.8 Å². The summed E-state index contributed by atoms with van der Waals surface area (Å²) in [4.78, 5) is 0. The molecule has 2 aromatic rings. The Morgan fingerprint density at radius 1 is 1.32 bits per heavy atom. The normalized spacial score (nSPS) is 12.0. The highest BCUT2D eigenvalue weighted by Gasteiger charge is 2.12. The highest BCUT2D eigenvalue weighted by molar-refractivity contribution is 7.98. The molecule has 1 aromatic heterocycles. The van der Waals surface area contributed by atoms with Gasteiger partial charge in [-0.15, -0.1) is 10.2 Å². The number of thioether (sulfide) groups is 1. The monoisotopic (exact) mass is 339 g/mol. The lowest BCUT2D eigenvalue weighted by atomic mass is 10.2. The number of benzene rings is 1. The molecule has 2 rings (SSSR count). The van der Waals surface area contributed by atoms with Crippen LogP contribution in [0.4, 0.5) is 0 Å². The molecule has 1 heterocycles. The molecule has 0 aliphatic carbocycles. The number of nitrogens with zero attached hydrogens (tertiary/aromatic N) is 2. The van der Waals surface area contributed by atoms with Gasteiger partial charge in [-0.3, -0.25) is 0 Å². The topological polar surface area (TPSA) is 66.6 Å². The first-order valence-corrected chi connectivity index (χ1v) is 7.03. The highest BCUT2D eigenvalue weighted by Crippen LogP contribution is 2.27. The quantitative estimate of drug-likeness (QED) is 0.794. The molecule has 4 nitrogen and oxygen atoms in total. The Labute approximate surface area is 131 Å². The Morgan fingerprint density at radius 3 is 2.63 bits per heavy atom. The zero-order valence-corrected chi connectivity index (χ0v) is 13.2. The molecule has 0 saturated heterocycles. The third kappa shape index (κ3) is 4.54. The van der Waals surface area contributed by atoms with Crippen molar-refractivity contribution in [1.29, 1.82) is 0 Å². The maximum atomic E-state index is 5.94. The maximum absolute atomic E-state index is 5.94. The molecule has 0 fully saturated rings. The summed E-state index contributed by atoms with van der Waals surface area (Å²) in [7, 11) is 0. The molecule has 0 aliphatic heterocycles. The van der Waals surface area contributed by atoms with E-state index in [4.69, 9.17) is 27.6 Å².